The molecule has 0 saturated heterocycles. The second-order valence-corrected chi connectivity index (χ2v) is 6.86. The summed E-state index contributed by atoms with van der Waals surface area (Å²) in [6, 6.07) is 11.2. The first-order valence-electron chi connectivity index (χ1n) is 8.71. The van der Waals surface area contributed by atoms with E-state index in [4.69, 9.17) is 11.6 Å². The van der Waals surface area contributed by atoms with E-state index in [2.05, 4.69) is 15.4 Å². The van der Waals surface area contributed by atoms with Crippen molar-refractivity contribution in [1.29, 1.82) is 0 Å². The van der Waals surface area contributed by atoms with Crippen LogP contribution in [0.4, 0.5) is 0 Å². The molecule has 1 amide bonds. The molecular weight excluding hydrogens is 348 g/mol. The average molecular weight is 367 g/mol. The SMILES string of the molecule is O=C(NC1CCCc2c1cnn2Cc1ccccc1Cl)c1ccncc1. The highest BCUT2D eigenvalue weighted by Crippen LogP contribution is 2.30. The normalized spacial score (nSPS) is 16.1. The monoisotopic (exact) mass is 366 g/mol. The quantitative estimate of drug-likeness (QED) is 0.764. The molecule has 26 heavy (non-hydrogen) atoms. The van der Waals surface area contributed by atoms with Crippen molar-refractivity contribution in [1.82, 2.24) is 20.1 Å². The Morgan fingerprint density at radius 1 is 1.23 bits per heavy atom. The summed E-state index contributed by atoms with van der Waals surface area (Å²) in [6.07, 6.45) is 8.03. The zero-order valence-electron chi connectivity index (χ0n) is 14.2. The zero-order valence-corrected chi connectivity index (χ0v) is 15.0. The molecule has 0 fully saturated rings. The Hall–Kier alpha value is -2.66. The van der Waals surface area contributed by atoms with E-state index < -0.39 is 0 Å². The minimum absolute atomic E-state index is 0.0144. The van der Waals surface area contributed by atoms with E-state index in [0.717, 1.165) is 35.4 Å². The van der Waals surface area contributed by atoms with Gasteiger partial charge >= 0.3 is 0 Å². The van der Waals surface area contributed by atoms with Crippen molar-refractivity contribution in [2.24, 2.45) is 0 Å². The largest absolute Gasteiger partial charge is 0.345 e. The molecule has 0 radical (unpaired) electrons. The van der Waals surface area contributed by atoms with E-state index in [0.29, 0.717) is 12.1 Å². The predicted molar refractivity (Wildman–Crippen MR) is 100 cm³/mol. The number of rotatable bonds is 4. The number of benzene rings is 1. The van der Waals surface area contributed by atoms with Crippen LogP contribution in [0.15, 0.2) is 55.0 Å². The van der Waals surface area contributed by atoms with Gasteiger partial charge in [0.1, 0.15) is 0 Å². The third kappa shape index (κ3) is 3.35. The molecule has 0 spiro atoms. The molecule has 1 unspecified atom stereocenters. The van der Waals surface area contributed by atoms with E-state index in [1.807, 2.05) is 35.1 Å². The minimum atomic E-state index is -0.0795. The van der Waals surface area contributed by atoms with E-state index in [-0.39, 0.29) is 11.9 Å². The summed E-state index contributed by atoms with van der Waals surface area (Å²) in [5.74, 6) is -0.0795. The number of hydrogen-bond acceptors (Lipinski definition) is 3. The highest BCUT2D eigenvalue weighted by molar-refractivity contribution is 6.31. The number of carbonyl (C=O) groups is 1. The van der Waals surface area contributed by atoms with Crippen molar-refractivity contribution in [2.75, 3.05) is 0 Å². The van der Waals surface area contributed by atoms with Crippen molar-refractivity contribution < 1.29 is 4.79 Å². The van der Waals surface area contributed by atoms with Crippen LogP contribution in [0.2, 0.25) is 5.02 Å². The van der Waals surface area contributed by atoms with E-state index in [9.17, 15) is 4.79 Å². The van der Waals surface area contributed by atoms with Gasteiger partial charge in [-0.25, -0.2) is 0 Å². The molecule has 2 aromatic heterocycles. The molecule has 1 atom stereocenters. The fourth-order valence-corrected chi connectivity index (χ4v) is 3.63. The van der Waals surface area contributed by atoms with Crippen LogP contribution in [0.3, 0.4) is 0 Å². The number of nitrogens with one attached hydrogen (secondary N) is 1. The van der Waals surface area contributed by atoms with Crippen LogP contribution in [-0.2, 0) is 13.0 Å². The lowest BCUT2D eigenvalue weighted by atomic mass is 9.92. The lowest BCUT2D eigenvalue weighted by molar-refractivity contribution is 0.0932. The first-order valence-corrected chi connectivity index (χ1v) is 9.09. The molecule has 5 nitrogen and oxygen atoms in total. The first-order chi connectivity index (χ1) is 12.7. The standard InChI is InChI=1S/C20H19ClN4O/c21-17-5-2-1-4-15(17)13-25-19-7-3-6-18(16(19)12-23-25)24-20(26)14-8-10-22-11-9-14/h1-2,4-5,8-12,18H,3,6-7,13H2,(H,24,26). The summed E-state index contributed by atoms with van der Waals surface area (Å²) < 4.78 is 2.00. The Morgan fingerprint density at radius 2 is 2.04 bits per heavy atom. The van der Waals surface area contributed by atoms with Gasteiger partial charge in [0, 0.05) is 34.2 Å². The van der Waals surface area contributed by atoms with Crippen molar-refractivity contribution in [2.45, 2.75) is 31.8 Å². The second kappa shape index (κ2) is 7.30. The number of pyridine rings is 1. The third-order valence-electron chi connectivity index (χ3n) is 4.79. The summed E-state index contributed by atoms with van der Waals surface area (Å²) in [6.45, 7) is 0.639. The number of nitrogens with zero attached hydrogens (tertiary/aromatic N) is 3. The molecule has 0 aliphatic heterocycles. The summed E-state index contributed by atoms with van der Waals surface area (Å²) in [5.41, 5.74) is 3.94. The average Bonchev–Trinajstić information content (AvgIpc) is 3.08. The van der Waals surface area contributed by atoms with Crippen LogP contribution < -0.4 is 5.32 Å². The Bertz CT molecular complexity index is 923. The van der Waals surface area contributed by atoms with Gasteiger partial charge in [0.25, 0.3) is 5.91 Å². The van der Waals surface area contributed by atoms with Crippen LogP contribution in [0, 0.1) is 0 Å². The van der Waals surface area contributed by atoms with Gasteiger partial charge in [-0.3, -0.25) is 14.5 Å². The highest BCUT2D eigenvalue weighted by atomic mass is 35.5. The number of carbonyl (C=O) groups excluding carboxylic acids is 1. The van der Waals surface area contributed by atoms with E-state index in [1.165, 1.54) is 5.69 Å². The minimum Gasteiger partial charge on any atom is -0.345 e. The lowest BCUT2D eigenvalue weighted by Crippen LogP contribution is -2.31. The highest BCUT2D eigenvalue weighted by Gasteiger charge is 2.26. The Kier molecular flexibility index (Phi) is 4.71. The topological polar surface area (TPSA) is 59.8 Å². The Labute approximate surface area is 157 Å². The number of aromatic nitrogens is 3. The third-order valence-corrected chi connectivity index (χ3v) is 5.16. The molecular formula is C20H19ClN4O. The predicted octanol–water partition coefficient (Wildman–Crippen LogP) is 3.79. The van der Waals surface area contributed by atoms with Crippen LogP contribution >= 0.6 is 11.6 Å². The molecule has 3 aromatic rings. The fraction of sp³-hybridized carbons (Fsp3) is 0.250. The van der Waals surface area contributed by atoms with E-state index >= 15 is 0 Å². The maximum atomic E-state index is 12.5. The summed E-state index contributed by atoms with van der Waals surface area (Å²) in [4.78, 5) is 16.4. The van der Waals surface area contributed by atoms with Gasteiger partial charge in [0.2, 0.25) is 0 Å². The number of amides is 1. The summed E-state index contributed by atoms with van der Waals surface area (Å²) in [5, 5.41) is 8.44. The molecule has 0 bridgehead atoms. The van der Waals surface area contributed by atoms with Crippen molar-refractivity contribution in [3.05, 3.63) is 82.4 Å². The van der Waals surface area contributed by atoms with Crippen molar-refractivity contribution in [3.8, 4) is 0 Å². The van der Waals surface area contributed by atoms with Gasteiger partial charge in [-0.05, 0) is 43.0 Å². The van der Waals surface area contributed by atoms with Crippen molar-refractivity contribution in [3.63, 3.8) is 0 Å². The molecule has 132 valence electrons. The number of fused-ring (bicyclic) bond motifs is 1. The lowest BCUT2D eigenvalue weighted by Gasteiger charge is -2.24. The smallest absolute Gasteiger partial charge is 0.251 e. The number of halogens is 1. The fourth-order valence-electron chi connectivity index (χ4n) is 3.44. The summed E-state index contributed by atoms with van der Waals surface area (Å²) in [7, 11) is 0. The molecule has 1 aromatic carbocycles. The van der Waals surface area contributed by atoms with Gasteiger partial charge in [-0.2, -0.15) is 5.10 Å². The van der Waals surface area contributed by atoms with Crippen molar-refractivity contribution >= 4 is 17.5 Å². The van der Waals surface area contributed by atoms with Crippen LogP contribution in [0.5, 0.6) is 0 Å². The van der Waals surface area contributed by atoms with Crippen LogP contribution in [0.25, 0.3) is 0 Å². The molecule has 1 aliphatic carbocycles. The zero-order chi connectivity index (χ0) is 17.9. The molecule has 4 rings (SSSR count). The molecule has 6 heteroatoms. The number of hydrogen-bond donors (Lipinski definition) is 1. The van der Waals surface area contributed by atoms with Gasteiger partial charge in [0.15, 0.2) is 0 Å². The van der Waals surface area contributed by atoms with Gasteiger partial charge in [-0.15, -0.1) is 0 Å². The Morgan fingerprint density at radius 3 is 2.85 bits per heavy atom. The molecule has 2 heterocycles. The van der Waals surface area contributed by atoms with Gasteiger partial charge in [-0.1, -0.05) is 29.8 Å². The first kappa shape index (κ1) is 16.8. The molecule has 1 aliphatic rings. The second-order valence-electron chi connectivity index (χ2n) is 6.45. The maximum absolute atomic E-state index is 12.5. The van der Waals surface area contributed by atoms with E-state index in [1.54, 1.807) is 24.5 Å². The van der Waals surface area contributed by atoms with Crippen LogP contribution in [-0.4, -0.2) is 20.7 Å². The molecule has 1 N–H and O–H groups in total. The maximum Gasteiger partial charge on any atom is 0.251 e. The van der Waals surface area contributed by atoms with Crippen LogP contribution in [0.1, 0.15) is 46.1 Å². The van der Waals surface area contributed by atoms with Gasteiger partial charge in [0.05, 0.1) is 18.8 Å². The Balaban J connectivity index is 1.55. The summed E-state index contributed by atoms with van der Waals surface area (Å²) >= 11 is 6.29. The molecule has 0 saturated carbocycles. The van der Waals surface area contributed by atoms with Gasteiger partial charge < -0.3 is 5.32 Å².